The van der Waals surface area contributed by atoms with Crippen molar-refractivity contribution >= 4 is 17.6 Å². The fourth-order valence-electron chi connectivity index (χ4n) is 3.94. The summed E-state index contributed by atoms with van der Waals surface area (Å²) >= 11 is 0. The molecule has 4 heterocycles. The van der Waals surface area contributed by atoms with Gasteiger partial charge in [0, 0.05) is 48.4 Å². The summed E-state index contributed by atoms with van der Waals surface area (Å²) < 4.78 is 6.12. The first kappa shape index (κ1) is 19.5. The minimum atomic E-state index is -0.639. The number of urea groups is 1. The van der Waals surface area contributed by atoms with Gasteiger partial charge in [0.05, 0.1) is 6.10 Å². The molecule has 0 saturated carbocycles. The van der Waals surface area contributed by atoms with E-state index >= 15 is 0 Å². The van der Waals surface area contributed by atoms with Crippen LogP contribution >= 0.6 is 0 Å². The molecule has 8 heteroatoms. The number of aromatic nitrogens is 2. The molecule has 3 N–H and O–H groups in total. The topological polar surface area (TPSA) is 110 Å². The lowest BCUT2D eigenvalue weighted by Gasteiger charge is -2.27. The molecule has 2 atom stereocenters. The van der Waals surface area contributed by atoms with Gasteiger partial charge in [0.15, 0.2) is 5.78 Å². The third-order valence-electron chi connectivity index (χ3n) is 5.41. The quantitative estimate of drug-likeness (QED) is 0.801. The highest BCUT2D eigenvalue weighted by molar-refractivity contribution is 5.92. The molecule has 2 aliphatic rings. The first-order valence-electron chi connectivity index (χ1n) is 9.91. The number of nitrogens with zero attached hydrogens (tertiary/aromatic N) is 3. The van der Waals surface area contributed by atoms with Crippen molar-refractivity contribution in [2.45, 2.75) is 38.4 Å². The number of anilines is 1. The van der Waals surface area contributed by atoms with E-state index in [0.717, 1.165) is 48.2 Å². The predicted molar refractivity (Wildman–Crippen MR) is 109 cm³/mol. The first-order chi connectivity index (χ1) is 14.0. The summed E-state index contributed by atoms with van der Waals surface area (Å²) in [5.41, 5.74) is 8.85. The minimum Gasteiger partial charge on any atom is -0.361 e. The fourth-order valence-corrected chi connectivity index (χ4v) is 3.94. The van der Waals surface area contributed by atoms with Crippen molar-refractivity contribution in [2.75, 3.05) is 24.5 Å². The van der Waals surface area contributed by atoms with Crippen molar-refractivity contribution in [3.05, 3.63) is 41.9 Å². The average molecular weight is 395 g/mol. The molecule has 0 bridgehead atoms. The minimum absolute atomic E-state index is 0.0164. The second-order valence-corrected chi connectivity index (χ2v) is 7.55. The lowest BCUT2D eigenvalue weighted by molar-refractivity contribution is -0.133. The normalized spacial score (nSPS) is 19.6. The van der Waals surface area contributed by atoms with Gasteiger partial charge >= 0.3 is 6.03 Å². The zero-order valence-corrected chi connectivity index (χ0v) is 16.4. The summed E-state index contributed by atoms with van der Waals surface area (Å²) in [5.74, 6) is 0.568. The third-order valence-corrected chi connectivity index (χ3v) is 5.41. The summed E-state index contributed by atoms with van der Waals surface area (Å²) in [4.78, 5) is 34.0. The molecule has 0 aromatic carbocycles. The number of Topliss-reactive ketones (excluding diaryl/α,β-unsaturated/α-hetero) is 1. The van der Waals surface area contributed by atoms with Gasteiger partial charge < -0.3 is 15.8 Å². The number of nitrogens with one attached hydrogen (secondary N) is 1. The number of fused-ring (bicyclic) bond motifs is 1. The number of piperidine rings is 1. The molecule has 1 fully saturated rings. The van der Waals surface area contributed by atoms with E-state index in [0.29, 0.717) is 18.8 Å². The zero-order chi connectivity index (χ0) is 20.4. The van der Waals surface area contributed by atoms with Crippen molar-refractivity contribution in [1.29, 1.82) is 0 Å². The van der Waals surface area contributed by atoms with Crippen LogP contribution in [0.2, 0.25) is 0 Å². The Morgan fingerprint density at radius 2 is 2.10 bits per heavy atom. The number of carbonyl (C=O) groups is 2. The molecule has 2 aliphatic heterocycles. The van der Waals surface area contributed by atoms with Crippen LogP contribution in [0.3, 0.4) is 0 Å². The summed E-state index contributed by atoms with van der Waals surface area (Å²) in [5, 5.41) is 3.31. The summed E-state index contributed by atoms with van der Waals surface area (Å²) in [6, 6.07) is 3.44. The Kier molecular flexibility index (Phi) is 5.55. The van der Waals surface area contributed by atoms with Crippen LogP contribution < -0.4 is 16.0 Å². The zero-order valence-electron chi connectivity index (χ0n) is 16.4. The van der Waals surface area contributed by atoms with Crippen molar-refractivity contribution in [1.82, 2.24) is 15.3 Å². The molecule has 2 amide bonds. The number of hydrogen-bond donors (Lipinski definition) is 2. The molecule has 1 saturated heterocycles. The van der Waals surface area contributed by atoms with E-state index in [-0.39, 0.29) is 11.9 Å². The highest BCUT2D eigenvalue weighted by atomic mass is 16.5. The van der Waals surface area contributed by atoms with Gasteiger partial charge in [-0.1, -0.05) is 0 Å². The number of nitrogens with two attached hydrogens (primary N) is 1. The van der Waals surface area contributed by atoms with E-state index in [4.69, 9.17) is 10.5 Å². The SMILES string of the molecule is CC(=O)C(OC1CCCNC1)c1cncc(-c2cnc3c(c2)CCN3C(N)=O)c1. The molecule has 2 aromatic heterocycles. The molecule has 0 radical (unpaired) electrons. The lowest BCUT2D eigenvalue weighted by Crippen LogP contribution is -2.37. The smallest absolute Gasteiger partial charge is 0.320 e. The Morgan fingerprint density at radius 1 is 1.28 bits per heavy atom. The second-order valence-electron chi connectivity index (χ2n) is 7.55. The van der Waals surface area contributed by atoms with Crippen LogP contribution in [-0.2, 0) is 16.0 Å². The van der Waals surface area contributed by atoms with Crippen LogP contribution in [0.1, 0.15) is 37.0 Å². The van der Waals surface area contributed by atoms with E-state index in [9.17, 15) is 9.59 Å². The van der Waals surface area contributed by atoms with Crippen molar-refractivity contribution in [2.24, 2.45) is 5.73 Å². The molecule has 152 valence electrons. The van der Waals surface area contributed by atoms with E-state index in [1.54, 1.807) is 25.5 Å². The number of primary amides is 1. The van der Waals surface area contributed by atoms with Gasteiger partial charge in [-0.3, -0.25) is 14.7 Å². The lowest BCUT2D eigenvalue weighted by atomic mass is 10.0. The molecule has 2 unspecified atom stereocenters. The number of ether oxygens (including phenoxy) is 1. The largest absolute Gasteiger partial charge is 0.361 e. The van der Waals surface area contributed by atoms with Crippen LogP contribution in [-0.4, -0.2) is 47.5 Å². The summed E-state index contributed by atoms with van der Waals surface area (Å²) in [6.07, 6.45) is 7.19. The van der Waals surface area contributed by atoms with E-state index in [2.05, 4.69) is 15.3 Å². The standard InChI is InChI=1S/C21H25N5O3/c1-13(27)19(29-18-3-2-5-23-12-18)17-8-15(9-24-10-17)16-7-14-4-6-26(21(22)28)20(14)25-11-16/h7-11,18-19,23H,2-6,12H2,1H3,(H2,22,28). The van der Waals surface area contributed by atoms with E-state index in [1.807, 2.05) is 12.1 Å². The molecule has 29 heavy (non-hydrogen) atoms. The average Bonchev–Trinajstić information content (AvgIpc) is 3.16. The van der Waals surface area contributed by atoms with E-state index < -0.39 is 12.1 Å². The summed E-state index contributed by atoms with van der Waals surface area (Å²) in [6.45, 7) is 3.82. The van der Waals surface area contributed by atoms with Gasteiger partial charge in [-0.25, -0.2) is 9.78 Å². The van der Waals surface area contributed by atoms with E-state index in [1.165, 1.54) is 4.90 Å². The van der Waals surface area contributed by atoms with Gasteiger partial charge in [0.25, 0.3) is 0 Å². The van der Waals surface area contributed by atoms with Gasteiger partial charge in [0.1, 0.15) is 11.9 Å². The van der Waals surface area contributed by atoms with Crippen molar-refractivity contribution < 1.29 is 14.3 Å². The van der Waals surface area contributed by atoms with Gasteiger partial charge in [-0.2, -0.15) is 0 Å². The molecular formula is C21H25N5O3. The van der Waals surface area contributed by atoms with Crippen molar-refractivity contribution in [3.8, 4) is 11.1 Å². The predicted octanol–water partition coefficient (Wildman–Crippen LogP) is 1.98. The molecule has 2 aromatic rings. The highest BCUT2D eigenvalue weighted by Crippen LogP contribution is 2.31. The number of pyridine rings is 2. The Bertz CT molecular complexity index is 926. The van der Waals surface area contributed by atoms with Crippen LogP contribution in [0.15, 0.2) is 30.7 Å². The van der Waals surface area contributed by atoms with Crippen LogP contribution in [0.4, 0.5) is 10.6 Å². The fraction of sp³-hybridized carbons (Fsp3) is 0.429. The number of amides is 2. The number of carbonyl (C=O) groups excluding carboxylic acids is 2. The van der Waals surface area contributed by atoms with Crippen LogP contribution in [0.25, 0.3) is 11.1 Å². The maximum absolute atomic E-state index is 12.3. The Morgan fingerprint density at radius 3 is 2.83 bits per heavy atom. The monoisotopic (exact) mass is 395 g/mol. The number of rotatable bonds is 5. The molecule has 4 rings (SSSR count). The Hall–Kier alpha value is -2.84. The third kappa shape index (κ3) is 4.13. The maximum atomic E-state index is 12.3. The molecule has 0 aliphatic carbocycles. The molecule has 0 spiro atoms. The van der Waals surface area contributed by atoms with Crippen molar-refractivity contribution in [3.63, 3.8) is 0 Å². The molecule has 8 nitrogen and oxygen atoms in total. The maximum Gasteiger partial charge on any atom is 0.320 e. The Labute approximate surface area is 169 Å². The Balaban J connectivity index is 1.59. The number of hydrogen-bond acceptors (Lipinski definition) is 6. The van der Waals surface area contributed by atoms with Crippen LogP contribution in [0.5, 0.6) is 0 Å². The summed E-state index contributed by atoms with van der Waals surface area (Å²) in [7, 11) is 0. The molecular weight excluding hydrogens is 370 g/mol. The highest BCUT2D eigenvalue weighted by Gasteiger charge is 2.26. The number of ketones is 1. The first-order valence-corrected chi connectivity index (χ1v) is 9.91. The van der Waals surface area contributed by atoms with Gasteiger partial charge in [-0.05, 0) is 50.4 Å². The van der Waals surface area contributed by atoms with Crippen LogP contribution in [0, 0.1) is 0 Å². The van der Waals surface area contributed by atoms with Gasteiger partial charge in [0.2, 0.25) is 0 Å². The second kappa shape index (κ2) is 8.26. The van der Waals surface area contributed by atoms with Gasteiger partial charge in [-0.15, -0.1) is 0 Å².